The Morgan fingerprint density at radius 2 is 2.00 bits per heavy atom. The Morgan fingerprint density at radius 1 is 1.35 bits per heavy atom. The van der Waals surface area contributed by atoms with Gasteiger partial charge in [-0.3, -0.25) is 0 Å². The highest BCUT2D eigenvalue weighted by molar-refractivity contribution is 5.86. The Morgan fingerprint density at radius 3 is 2.53 bits per heavy atom. The second-order valence-corrected chi connectivity index (χ2v) is 3.54. The average molecular weight is 238 g/mol. The van der Waals surface area contributed by atoms with Crippen LogP contribution >= 0.6 is 0 Å². The molecule has 0 radical (unpaired) electrons. The molecule has 0 saturated heterocycles. The summed E-state index contributed by atoms with van der Waals surface area (Å²) in [6.07, 6.45) is 1.51. The SMILES string of the molecule is CCCCOc1ccc(N(N)C(=O)OC)cc1. The van der Waals surface area contributed by atoms with Crippen molar-refractivity contribution in [2.45, 2.75) is 19.8 Å². The van der Waals surface area contributed by atoms with Crippen molar-refractivity contribution in [3.63, 3.8) is 0 Å². The number of hydrogen-bond donors (Lipinski definition) is 1. The number of nitrogens with zero attached hydrogens (tertiary/aromatic N) is 1. The number of nitrogens with two attached hydrogens (primary N) is 1. The third-order valence-corrected chi connectivity index (χ3v) is 2.25. The molecule has 0 spiro atoms. The third-order valence-electron chi connectivity index (χ3n) is 2.25. The zero-order valence-electron chi connectivity index (χ0n) is 10.2. The maximum atomic E-state index is 11.2. The fourth-order valence-electron chi connectivity index (χ4n) is 1.24. The van der Waals surface area contributed by atoms with Crippen molar-refractivity contribution in [2.75, 3.05) is 18.7 Å². The van der Waals surface area contributed by atoms with Crippen LogP contribution in [0.15, 0.2) is 24.3 Å². The van der Waals surface area contributed by atoms with E-state index in [0.29, 0.717) is 12.3 Å². The van der Waals surface area contributed by atoms with E-state index in [1.807, 2.05) is 0 Å². The van der Waals surface area contributed by atoms with E-state index < -0.39 is 6.09 Å². The molecule has 1 rings (SSSR count). The number of carbonyl (C=O) groups excluding carboxylic acids is 1. The van der Waals surface area contributed by atoms with Crippen molar-refractivity contribution in [2.24, 2.45) is 5.84 Å². The second-order valence-electron chi connectivity index (χ2n) is 3.54. The molecule has 5 heteroatoms. The largest absolute Gasteiger partial charge is 0.494 e. The minimum Gasteiger partial charge on any atom is -0.494 e. The standard InChI is InChI=1S/C12H18N2O3/c1-3-4-9-17-11-7-5-10(6-8-11)14(13)12(15)16-2/h5-8H,3-4,9,13H2,1-2H3. The summed E-state index contributed by atoms with van der Waals surface area (Å²) in [6, 6.07) is 6.96. The van der Waals surface area contributed by atoms with Gasteiger partial charge in [-0.05, 0) is 30.7 Å². The summed E-state index contributed by atoms with van der Waals surface area (Å²) >= 11 is 0. The fourth-order valence-corrected chi connectivity index (χ4v) is 1.24. The fraction of sp³-hybridized carbons (Fsp3) is 0.417. The number of hydrogen-bond acceptors (Lipinski definition) is 4. The van der Waals surface area contributed by atoms with Crippen LogP contribution in [-0.4, -0.2) is 19.8 Å². The first kappa shape index (κ1) is 13.3. The maximum absolute atomic E-state index is 11.2. The first-order valence-electron chi connectivity index (χ1n) is 5.54. The summed E-state index contributed by atoms with van der Waals surface area (Å²) in [6.45, 7) is 2.80. The summed E-state index contributed by atoms with van der Waals surface area (Å²) in [4.78, 5) is 11.2. The van der Waals surface area contributed by atoms with Crippen molar-refractivity contribution < 1.29 is 14.3 Å². The van der Waals surface area contributed by atoms with Gasteiger partial charge in [0.25, 0.3) is 0 Å². The van der Waals surface area contributed by atoms with Crippen molar-refractivity contribution in [3.05, 3.63) is 24.3 Å². The minimum atomic E-state index is -0.607. The second kappa shape index (κ2) is 6.75. The highest BCUT2D eigenvalue weighted by Gasteiger charge is 2.10. The van der Waals surface area contributed by atoms with E-state index in [0.717, 1.165) is 23.6 Å². The van der Waals surface area contributed by atoms with Crippen LogP contribution in [0.1, 0.15) is 19.8 Å². The van der Waals surface area contributed by atoms with E-state index >= 15 is 0 Å². The maximum Gasteiger partial charge on any atom is 0.428 e. The Bertz CT molecular complexity index is 351. The lowest BCUT2D eigenvalue weighted by atomic mass is 10.3. The summed E-state index contributed by atoms with van der Waals surface area (Å²) in [5, 5.41) is 0.940. The topological polar surface area (TPSA) is 64.8 Å². The molecule has 0 saturated carbocycles. The quantitative estimate of drug-likeness (QED) is 0.370. The molecule has 1 amide bonds. The van der Waals surface area contributed by atoms with Gasteiger partial charge in [-0.1, -0.05) is 13.3 Å². The van der Waals surface area contributed by atoms with Crippen molar-refractivity contribution in [1.29, 1.82) is 0 Å². The molecule has 0 bridgehead atoms. The van der Waals surface area contributed by atoms with Gasteiger partial charge in [0.1, 0.15) is 5.75 Å². The number of hydrazine groups is 1. The summed E-state index contributed by atoms with van der Waals surface area (Å²) in [5.74, 6) is 6.30. The van der Waals surface area contributed by atoms with Gasteiger partial charge in [-0.15, -0.1) is 0 Å². The van der Waals surface area contributed by atoms with E-state index in [2.05, 4.69) is 11.7 Å². The van der Waals surface area contributed by atoms with Gasteiger partial charge in [0.2, 0.25) is 0 Å². The lowest BCUT2D eigenvalue weighted by Gasteiger charge is -2.15. The minimum absolute atomic E-state index is 0.555. The molecule has 0 atom stereocenters. The zero-order valence-corrected chi connectivity index (χ0v) is 10.2. The van der Waals surface area contributed by atoms with E-state index in [4.69, 9.17) is 10.6 Å². The van der Waals surface area contributed by atoms with Crippen LogP contribution in [0.3, 0.4) is 0 Å². The van der Waals surface area contributed by atoms with Crippen LogP contribution in [0.25, 0.3) is 0 Å². The number of carbonyl (C=O) groups is 1. The van der Waals surface area contributed by atoms with Crippen LogP contribution in [-0.2, 0) is 4.74 Å². The van der Waals surface area contributed by atoms with Gasteiger partial charge in [-0.2, -0.15) is 0 Å². The predicted octanol–water partition coefficient (Wildman–Crippen LogP) is 2.31. The Hall–Kier alpha value is -1.75. The van der Waals surface area contributed by atoms with Crippen molar-refractivity contribution in [3.8, 4) is 5.75 Å². The Labute approximate surface area is 101 Å². The number of methoxy groups -OCH3 is 1. The van der Waals surface area contributed by atoms with Crippen LogP contribution in [0.5, 0.6) is 5.75 Å². The molecule has 0 heterocycles. The molecule has 94 valence electrons. The van der Waals surface area contributed by atoms with Gasteiger partial charge in [-0.25, -0.2) is 15.6 Å². The number of amides is 1. The number of ether oxygens (including phenoxy) is 2. The lowest BCUT2D eigenvalue weighted by Crippen LogP contribution is -2.37. The van der Waals surface area contributed by atoms with Gasteiger partial charge in [0.05, 0.1) is 19.4 Å². The summed E-state index contributed by atoms with van der Waals surface area (Å²) < 4.78 is 10.00. The van der Waals surface area contributed by atoms with Crippen molar-refractivity contribution in [1.82, 2.24) is 0 Å². The highest BCUT2D eigenvalue weighted by Crippen LogP contribution is 2.18. The normalized spacial score (nSPS) is 9.82. The average Bonchev–Trinajstić information content (AvgIpc) is 2.38. The number of benzene rings is 1. The molecule has 0 aliphatic rings. The van der Waals surface area contributed by atoms with E-state index in [1.165, 1.54) is 7.11 Å². The highest BCUT2D eigenvalue weighted by atomic mass is 16.5. The number of rotatable bonds is 5. The molecule has 17 heavy (non-hydrogen) atoms. The molecule has 1 aromatic rings. The Balaban J connectivity index is 2.58. The number of unbranched alkanes of at least 4 members (excludes halogenated alkanes) is 1. The van der Waals surface area contributed by atoms with Gasteiger partial charge < -0.3 is 9.47 Å². The van der Waals surface area contributed by atoms with E-state index in [9.17, 15) is 4.79 Å². The van der Waals surface area contributed by atoms with E-state index in [-0.39, 0.29) is 0 Å². The predicted molar refractivity (Wildman–Crippen MR) is 65.9 cm³/mol. The van der Waals surface area contributed by atoms with Gasteiger partial charge >= 0.3 is 6.09 Å². The summed E-state index contributed by atoms with van der Waals surface area (Å²) in [7, 11) is 1.28. The van der Waals surface area contributed by atoms with E-state index in [1.54, 1.807) is 24.3 Å². The van der Waals surface area contributed by atoms with Crippen LogP contribution < -0.4 is 15.6 Å². The number of anilines is 1. The monoisotopic (exact) mass is 238 g/mol. The molecule has 0 aromatic heterocycles. The first-order valence-corrected chi connectivity index (χ1v) is 5.54. The molecule has 0 fully saturated rings. The van der Waals surface area contributed by atoms with Gasteiger partial charge in [0.15, 0.2) is 0 Å². The third kappa shape index (κ3) is 3.96. The molecule has 0 aliphatic heterocycles. The summed E-state index contributed by atoms with van der Waals surface area (Å²) in [5.41, 5.74) is 0.555. The molecule has 1 aromatic carbocycles. The lowest BCUT2D eigenvalue weighted by molar-refractivity contribution is 0.178. The smallest absolute Gasteiger partial charge is 0.428 e. The first-order chi connectivity index (χ1) is 8.19. The molecular formula is C12H18N2O3. The zero-order chi connectivity index (χ0) is 12.7. The van der Waals surface area contributed by atoms with Crippen LogP contribution in [0, 0.1) is 0 Å². The molecular weight excluding hydrogens is 220 g/mol. The Kier molecular flexibility index (Phi) is 5.29. The van der Waals surface area contributed by atoms with Gasteiger partial charge in [0, 0.05) is 0 Å². The van der Waals surface area contributed by atoms with Crippen LogP contribution in [0.4, 0.5) is 10.5 Å². The molecule has 0 unspecified atom stereocenters. The van der Waals surface area contributed by atoms with Crippen molar-refractivity contribution >= 4 is 11.8 Å². The van der Waals surface area contributed by atoms with Crippen LogP contribution in [0.2, 0.25) is 0 Å². The molecule has 2 N–H and O–H groups in total. The molecule has 0 aliphatic carbocycles. The molecule has 5 nitrogen and oxygen atoms in total.